The van der Waals surface area contributed by atoms with Crippen molar-refractivity contribution in [3.63, 3.8) is 0 Å². The van der Waals surface area contributed by atoms with E-state index in [-0.39, 0.29) is 11.7 Å². The maximum atomic E-state index is 13.3. The number of alkyl halides is 1. The quantitative estimate of drug-likeness (QED) is 0.423. The van der Waals surface area contributed by atoms with Crippen LogP contribution in [0.2, 0.25) is 0 Å². The third kappa shape index (κ3) is 5.93. The number of ether oxygens (including phenoxy) is 1. The van der Waals surface area contributed by atoms with Crippen LogP contribution in [0, 0.1) is 17.7 Å². The monoisotopic (exact) mass is 268 g/mol. The van der Waals surface area contributed by atoms with Crippen LogP contribution >= 0.6 is 11.6 Å². The van der Waals surface area contributed by atoms with Crippen molar-refractivity contribution in [2.75, 3.05) is 12.5 Å². The fourth-order valence-corrected chi connectivity index (χ4v) is 1.64. The van der Waals surface area contributed by atoms with E-state index in [4.69, 9.17) is 16.3 Å². The lowest BCUT2D eigenvalue weighted by molar-refractivity contribution is 0.303. The molecule has 0 heterocycles. The average molecular weight is 269 g/mol. The van der Waals surface area contributed by atoms with E-state index >= 15 is 0 Å². The number of unbranched alkanes of at least 4 members (excludes halogenated alkanes) is 3. The molecule has 0 unspecified atom stereocenters. The summed E-state index contributed by atoms with van der Waals surface area (Å²) >= 11 is 5.46. The number of benzene rings is 1. The first kappa shape index (κ1) is 14.9. The molecule has 0 N–H and O–H groups in total. The Bertz CT molecular complexity index is 420. The van der Waals surface area contributed by atoms with Gasteiger partial charge in [-0.3, -0.25) is 0 Å². The Hall–Kier alpha value is -1.20. The van der Waals surface area contributed by atoms with Gasteiger partial charge in [0.1, 0.15) is 11.6 Å². The van der Waals surface area contributed by atoms with Gasteiger partial charge in [0.25, 0.3) is 0 Å². The van der Waals surface area contributed by atoms with Crippen molar-refractivity contribution >= 4 is 11.6 Å². The summed E-state index contributed by atoms with van der Waals surface area (Å²) in [7, 11) is 0. The molecular formula is C15H18ClFO. The van der Waals surface area contributed by atoms with Gasteiger partial charge >= 0.3 is 0 Å². The van der Waals surface area contributed by atoms with Crippen LogP contribution < -0.4 is 4.74 Å². The standard InChI is InChI=1S/C15H18ClFO/c1-2-3-4-5-9-18-15-11-13(7-6-8-16)10-14(17)12-15/h10-12H,2-5,8-9H2,1H3. The highest BCUT2D eigenvalue weighted by molar-refractivity contribution is 6.19. The molecule has 0 radical (unpaired) electrons. The molecule has 1 nitrogen and oxygen atoms in total. The maximum absolute atomic E-state index is 13.3. The van der Waals surface area contributed by atoms with E-state index in [1.807, 2.05) is 0 Å². The van der Waals surface area contributed by atoms with E-state index in [1.165, 1.54) is 25.0 Å². The van der Waals surface area contributed by atoms with Crippen molar-refractivity contribution in [1.29, 1.82) is 0 Å². The smallest absolute Gasteiger partial charge is 0.128 e. The summed E-state index contributed by atoms with van der Waals surface area (Å²) in [6.45, 7) is 2.78. The summed E-state index contributed by atoms with van der Waals surface area (Å²) in [5, 5.41) is 0. The molecule has 0 aliphatic rings. The molecule has 18 heavy (non-hydrogen) atoms. The molecule has 0 bridgehead atoms. The van der Waals surface area contributed by atoms with Crippen molar-refractivity contribution in [2.45, 2.75) is 32.6 Å². The molecule has 0 amide bonds. The number of hydrogen-bond donors (Lipinski definition) is 0. The topological polar surface area (TPSA) is 9.23 Å². The third-order valence-corrected chi connectivity index (χ3v) is 2.57. The van der Waals surface area contributed by atoms with Crippen molar-refractivity contribution in [3.8, 4) is 17.6 Å². The van der Waals surface area contributed by atoms with Gasteiger partial charge in [-0.25, -0.2) is 4.39 Å². The summed E-state index contributed by atoms with van der Waals surface area (Å²) < 4.78 is 18.8. The maximum Gasteiger partial charge on any atom is 0.128 e. The summed E-state index contributed by atoms with van der Waals surface area (Å²) in [4.78, 5) is 0. The average Bonchev–Trinajstić information content (AvgIpc) is 2.35. The van der Waals surface area contributed by atoms with Gasteiger partial charge in [0.15, 0.2) is 0 Å². The van der Waals surface area contributed by atoms with E-state index < -0.39 is 0 Å². The van der Waals surface area contributed by atoms with E-state index in [0.717, 1.165) is 12.8 Å². The Kier molecular flexibility index (Phi) is 7.29. The van der Waals surface area contributed by atoms with Crippen molar-refractivity contribution < 1.29 is 9.13 Å². The normalized spacial score (nSPS) is 9.72. The van der Waals surface area contributed by atoms with Gasteiger partial charge in [0.2, 0.25) is 0 Å². The summed E-state index contributed by atoms with van der Waals surface area (Å²) in [5.41, 5.74) is 0.596. The molecule has 98 valence electrons. The molecule has 0 spiro atoms. The molecule has 0 aliphatic carbocycles. The largest absolute Gasteiger partial charge is 0.493 e. The zero-order chi connectivity index (χ0) is 13.2. The first-order valence-corrected chi connectivity index (χ1v) is 6.78. The predicted octanol–water partition coefficient (Wildman–Crippen LogP) is 4.38. The second-order valence-electron chi connectivity index (χ2n) is 4.02. The Morgan fingerprint density at radius 1 is 1.22 bits per heavy atom. The van der Waals surface area contributed by atoms with Crippen LogP contribution in [-0.2, 0) is 0 Å². The van der Waals surface area contributed by atoms with Crippen LogP contribution in [0.1, 0.15) is 38.2 Å². The van der Waals surface area contributed by atoms with Crippen LogP contribution in [0.4, 0.5) is 4.39 Å². The van der Waals surface area contributed by atoms with E-state index in [9.17, 15) is 4.39 Å². The lowest BCUT2D eigenvalue weighted by Gasteiger charge is -2.06. The van der Waals surface area contributed by atoms with Crippen LogP contribution in [0.15, 0.2) is 18.2 Å². The molecule has 1 aromatic rings. The molecule has 0 aromatic heterocycles. The molecule has 1 aromatic carbocycles. The molecule has 0 atom stereocenters. The Morgan fingerprint density at radius 2 is 2.06 bits per heavy atom. The number of hydrogen-bond acceptors (Lipinski definition) is 1. The first-order valence-electron chi connectivity index (χ1n) is 6.24. The molecular weight excluding hydrogens is 251 g/mol. The van der Waals surface area contributed by atoms with E-state index in [1.54, 1.807) is 6.07 Å². The Labute approximate surface area is 113 Å². The summed E-state index contributed by atoms with van der Waals surface area (Å²) in [6, 6.07) is 4.50. The van der Waals surface area contributed by atoms with Crippen LogP contribution in [0.3, 0.4) is 0 Å². The second-order valence-corrected chi connectivity index (χ2v) is 4.29. The highest BCUT2D eigenvalue weighted by Gasteiger charge is 2.00. The molecule has 3 heteroatoms. The van der Waals surface area contributed by atoms with Gasteiger partial charge in [-0.15, -0.1) is 11.6 Å². The molecule has 0 aliphatic heterocycles. The van der Waals surface area contributed by atoms with Gasteiger partial charge in [0.05, 0.1) is 12.5 Å². The predicted molar refractivity (Wildman–Crippen MR) is 73.6 cm³/mol. The molecule has 0 saturated carbocycles. The lowest BCUT2D eigenvalue weighted by atomic mass is 10.2. The summed E-state index contributed by atoms with van der Waals surface area (Å²) in [6.07, 6.45) is 4.54. The fourth-order valence-electron chi connectivity index (χ4n) is 1.57. The molecule has 0 fully saturated rings. The van der Waals surface area contributed by atoms with E-state index in [0.29, 0.717) is 17.9 Å². The van der Waals surface area contributed by atoms with Crippen LogP contribution in [0.5, 0.6) is 5.75 Å². The van der Waals surface area contributed by atoms with Gasteiger partial charge in [0, 0.05) is 11.6 Å². The first-order chi connectivity index (χ1) is 8.76. The highest BCUT2D eigenvalue weighted by Crippen LogP contribution is 2.16. The molecule has 1 rings (SSSR count). The third-order valence-electron chi connectivity index (χ3n) is 2.44. The van der Waals surface area contributed by atoms with Crippen molar-refractivity contribution in [2.24, 2.45) is 0 Å². The number of rotatable bonds is 6. The van der Waals surface area contributed by atoms with Gasteiger partial charge in [-0.05, 0) is 18.6 Å². The zero-order valence-corrected chi connectivity index (χ0v) is 11.4. The van der Waals surface area contributed by atoms with Gasteiger partial charge < -0.3 is 4.74 Å². The van der Waals surface area contributed by atoms with Crippen molar-refractivity contribution in [1.82, 2.24) is 0 Å². The molecule has 0 saturated heterocycles. The van der Waals surface area contributed by atoms with Gasteiger partial charge in [-0.2, -0.15) is 0 Å². The number of halogens is 2. The minimum atomic E-state index is -0.333. The Morgan fingerprint density at radius 3 is 2.78 bits per heavy atom. The fraction of sp³-hybridized carbons (Fsp3) is 0.467. The van der Waals surface area contributed by atoms with Crippen molar-refractivity contribution in [3.05, 3.63) is 29.6 Å². The minimum Gasteiger partial charge on any atom is -0.493 e. The summed E-state index contributed by atoms with van der Waals surface area (Å²) in [5.74, 6) is 5.92. The van der Waals surface area contributed by atoms with E-state index in [2.05, 4.69) is 18.8 Å². The Balaban J connectivity index is 2.52. The van der Waals surface area contributed by atoms with Crippen LogP contribution in [0.25, 0.3) is 0 Å². The zero-order valence-electron chi connectivity index (χ0n) is 10.6. The van der Waals surface area contributed by atoms with Gasteiger partial charge in [-0.1, -0.05) is 38.0 Å². The minimum absolute atomic E-state index is 0.240. The highest BCUT2D eigenvalue weighted by atomic mass is 35.5. The second kappa shape index (κ2) is 8.83. The SMILES string of the molecule is CCCCCCOc1cc(F)cc(C#CCCl)c1. The van der Waals surface area contributed by atoms with Crippen LogP contribution in [-0.4, -0.2) is 12.5 Å². The lowest BCUT2D eigenvalue weighted by Crippen LogP contribution is -1.98.